The summed E-state index contributed by atoms with van der Waals surface area (Å²) in [6.45, 7) is 7.49. The Morgan fingerprint density at radius 2 is 1.88 bits per heavy atom. The number of nitrogens with one attached hydrogen (secondary N) is 1. The molecule has 0 saturated carbocycles. The number of urea groups is 1. The molecule has 3 aliphatic rings. The van der Waals surface area contributed by atoms with Gasteiger partial charge < -0.3 is 24.1 Å². The van der Waals surface area contributed by atoms with Crippen LogP contribution in [0.15, 0.2) is 24.3 Å². The Bertz CT molecular complexity index is 1170. The fourth-order valence-electron chi connectivity index (χ4n) is 4.98. The molecule has 180 valence electrons. The largest absolute Gasteiger partial charge is 0.486 e. The number of nitrogens with zero attached hydrogens (tertiary/aromatic N) is 2. The van der Waals surface area contributed by atoms with E-state index >= 15 is 0 Å². The molecule has 9 heteroatoms. The van der Waals surface area contributed by atoms with Crippen molar-refractivity contribution in [2.24, 2.45) is 0 Å². The van der Waals surface area contributed by atoms with Gasteiger partial charge in [0.2, 0.25) is 0 Å². The van der Waals surface area contributed by atoms with Gasteiger partial charge in [0.25, 0.3) is 5.91 Å². The molecule has 3 amide bonds. The Morgan fingerprint density at radius 1 is 1.12 bits per heavy atom. The van der Waals surface area contributed by atoms with Crippen LogP contribution in [0.2, 0.25) is 0 Å². The molecule has 0 unspecified atom stereocenters. The van der Waals surface area contributed by atoms with Gasteiger partial charge in [-0.15, -0.1) is 0 Å². The van der Waals surface area contributed by atoms with Gasteiger partial charge >= 0.3 is 6.03 Å². The lowest BCUT2D eigenvalue weighted by molar-refractivity contribution is -0.130. The lowest BCUT2D eigenvalue weighted by Crippen LogP contribution is -2.41. The molecule has 0 radical (unpaired) electrons. The van der Waals surface area contributed by atoms with Crippen LogP contribution in [0.3, 0.4) is 0 Å². The standard InChI is InChI=1S/C25H29N3O6/c1-15-11-19(16(2)27(15)13-18-5-4-8-32-18)20(29)14-28-23(30)25(3,26-24(28)31)17-6-7-21-22(12-17)34-10-9-33-21/h6-7,11-12,18H,4-5,8-10,13-14H2,1-3H3,(H,26,31)/t18-,25+/m1/s1. The Labute approximate surface area is 197 Å². The molecule has 0 spiro atoms. The number of benzene rings is 1. The normalized spacial score (nSPS) is 24.0. The maximum absolute atomic E-state index is 13.4. The lowest BCUT2D eigenvalue weighted by atomic mass is 9.91. The minimum atomic E-state index is -1.30. The lowest BCUT2D eigenvalue weighted by Gasteiger charge is -2.25. The molecule has 2 fully saturated rings. The highest BCUT2D eigenvalue weighted by Crippen LogP contribution is 2.37. The molecule has 5 rings (SSSR count). The minimum absolute atomic E-state index is 0.144. The molecule has 2 atom stereocenters. The number of ether oxygens (including phenoxy) is 3. The summed E-state index contributed by atoms with van der Waals surface area (Å²) >= 11 is 0. The number of rotatable bonds is 6. The maximum atomic E-state index is 13.4. The average Bonchev–Trinajstić information content (AvgIpc) is 3.50. The number of fused-ring (bicyclic) bond motifs is 1. The van der Waals surface area contributed by atoms with Crippen molar-refractivity contribution in [1.29, 1.82) is 0 Å². The summed E-state index contributed by atoms with van der Waals surface area (Å²) < 4.78 is 19.0. The molecule has 34 heavy (non-hydrogen) atoms. The number of hydrogen-bond donors (Lipinski definition) is 1. The zero-order chi connectivity index (χ0) is 24.0. The SMILES string of the molecule is Cc1cc(C(=O)CN2C(=O)N[C@@](C)(c3ccc4c(c3)OCCO4)C2=O)c(C)n1C[C@H]1CCCO1. The van der Waals surface area contributed by atoms with Crippen molar-refractivity contribution in [2.45, 2.75) is 51.8 Å². The van der Waals surface area contributed by atoms with Gasteiger partial charge in [0, 0.05) is 30.1 Å². The van der Waals surface area contributed by atoms with Crippen LogP contribution in [-0.4, -0.2) is 59.7 Å². The third-order valence-electron chi connectivity index (χ3n) is 6.98. The van der Waals surface area contributed by atoms with E-state index in [0.717, 1.165) is 35.7 Å². The van der Waals surface area contributed by atoms with Gasteiger partial charge in [-0.3, -0.25) is 14.5 Å². The third kappa shape index (κ3) is 3.73. The second-order valence-electron chi connectivity index (χ2n) is 9.26. The minimum Gasteiger partial charge on any atom is -0.486 e. The number of carbonyl (C=O) groups excluding carboxylic acids is 3. The monoisotopic (exact) mass is 467 g/mol. The maximum Gasteiger partial charge on any atom is 0.325 e. The van der Waals surface area contributed by atoms with E-state index in [1.54, 1.807) is 25.1 Å². The molecule has 9 nitrogen and oxygen atoms in total. The summed E-state index contributed by atoms with van der Waals surface area (Å²) in [7, 11) is 0. The van der Waals surface area contributed by atoms with E-state index in [2.05, 4.69) is 9.88 Å². The van der Waals surface area contributed by atoms with Gasteiger partial charge in [0.05, 0.1) is 12.6 Å². The molecule has 1 N–H and O–H groups in total. The predicted molar refractivity (Wildman–Crippen MR) is 122 cm³/mol. The molecule has 0 aliphatic carbocycles. The number of Topliss-reactive ketones (excluding diaryl/α,β-unsaturated/α-hetero) is 1. The summed E-state index contributed by atoms with van der Waals surface area (Å²) in [5, 5.41) is 2.76. The topological polar surface area (TPSA) is 99.1 Å². The van der Waals surface area contributed by atoms with Crippen molar-refractivity contribution in [1.82, 2.24) is 14.8 Å². The molecule has 1 aromatic heterocycles. The number of aromatic nitrogens is 1. The van der Waals surface area contributed by atoms with Gasteiger partial charge in [-0.2, -0.15) is 0 Å². The molecule has 4 heterocycles. The Kier molecular flexibility index (Phi) is 5.59. The molecular weight excluding hydrogens is 438 g/mol. The first-order valence-corrected chi connectivity index (χ1v) is 11.6. The summed E-state index contributed by atoms with van der Waals surface area (Å²) in [6, 6.07) is 6.40. The molecule has 2 saturated heterocycles. The van der Waals surface area contributed by atoms with E-state index in [1.807, 2.05) is 19.9 Å². The fourth-order valence-corrected chi connectivity index (χ4v) is 4.98. The highest BCUT2D eigenvalue weighted by molar-refractivity contribution is 6.11. The van der Waals surface area contributed by atoms with Gasteiger partial charge in [-0.05, 0) is 57.4 Å². The number of carbonyl (C=O) groups is 3. The summed E-state index contributed by atoms with van der Waals surface area (Å²) in [6.07, 6.45) is 2.19. The molecule has 1 aromatic carbocycles. The van der Waals surface area contributed by atoms with Crippen molar-refractivity contribution in [3.63, 3.8) is 0 Å². The van der Waals surface area contributed by atoms with E-state index in [1.165, 1.54) is 0 Å². The average molecular weight is 468 g/mol. The highest BCUT2D eigenvalue weighted by Gasteiger charge is 2.50. The van der Waals surface area contributed by atoms with E-state index in [-0.39, 0.29) is 18.4 Å². The zero-order valence-electron chi connectivity index (χ0n) is 19.7. The smallest absolute Gasteiger partial charge is 0.325 e. The number of amides is 3. The van der Waals surface area contributed by atoms with Crippen molar-refractivity contribution in [3.05, 3.63) is 46.8 Å². The molecular formula is C25H29N3O6. The fraction of sp³-hybridized carbons (Fsp3) is 0.480. The number of imide groups is 1. The van der Waals surface area contributed by atoms with Crippen LogP contribution in [0.25, 0.3) is 0 Å². The first kappa shape index (κ1) is 22.5. The molecule has 0 bridgehead atoms. The van der Waals surface area contributed by atoms with Gasteiger partial charge in [-0.1, -0.05) is 6.07 Å². The van der Waals surface area contributed by atoms with Crippen molar-refractivity contribution < 1.29 is 28.6 Å². The first-order chi connectivity index (χ1) is 16.3. The Hall–Kier alpha value is -3.33. The van der Waals surface area contributed by atoms with Gasteiger partial charge in [-0.25, -0.2) is 4.79 Å². The first-order valence-electron chi connectivity index (χ1n) is 11.6. The van der Waals surface area contributed by atoms with Crippen molar-refractivity contribution in [3.8, 4) is 11.5 Å². The van der Waals surface area contributed by atoms with E-state index < -0.39 is 17.5 Å². The highest BCUT2D eigenvalue weighted by atomic mass is 16.6. The quantitative estimate of drug-likeness (QED) is 0.518. The van der Waals surface area contributed by atoms with Crippen LogP contribution in [0.5, 0.6) is 11.5 Å². The van der Waals surface area contributed by atoms with Gasteiger partial charge in [0.15, 0.2) is 17.3 Å². The van der Waals surface area contributed by atoms with Gasteiger partial charge in [0.1, 0.15) is 18.8 Å². The van der Waals surface area contributed by atoms with Crippen LogP contribution < -0.4 is 14.8 Å². The van der Waals surface area contributed by atoms with Crippen LogP contribution in [0.4, 0.5) is 4.79 Å². The molecule has 2 aromatic rings. The number of ketones is 1. The Morgan fingerprint density at radius 3 is 2.62 bits per heavy atom. The second-order valence-corrected chi connectivity index (χ2v) is 9.26. The van der Waals surface area contributed by atoms with E-state index in [4.69, 9.17) is 14.2 Å². The van der Waals surface area contributed by atoms with E-state index in [9.17, 15) is 14.4 Å². The van der Waals surface area contributed by atoms with Crippen molar-refractivity contribution in [2.75, 3.05) is 26.4 Å². The third-order valence-corrected chi connectivity index (χ3v) is 6.98. The van der Waals surface area contributed by atoms with Crippen LogP contribution in [0.1, 0.15) is 47.1 Å². The number of hydrogen-bond acceptors (Lipinski definition) is 6. The summed E-state index contributed by atoms with van der Waals surface area (Å²) in [4.78, 5) is 40.3. The van der Waals surface area contributed by atoms with E-state index in [0.29, 0.717) is 42.4 Å². The predicted octanol–water partition coefficient (Wildman–Crippen LogP) is 2.71. The van der Waals surface area contributed by atoms with Crippen LogP contribution >= 0.6 is 0 Å². The summed E-state index contributed by atoms with van der Waals surface area (Å²) in [5.41, 5.74) is 1.56. The molecule has 3 aliphatic heterocycles. The Balaban J connectivity index is 1.35. The van der Waals surface area contributed by atoms with Crippen LogP contribution in [0, 0.1) is 13.8 Å². The van der Waals surface area contributed by atoms with Crippen LogP contribution in [-0.2, 0) is 21.6 Å². The summed E-state index contributed by atoms with van der Waals surface area (Å²) in [5.74, 6) is 0.373. The van der Waals surface area contributed by atoms with Crippen molar-refractivity contribution >= 4 is 17.7 Å². The second kappa shape index (κ2) is 8.47. The number of aryl methyl sites for hydroxylation is 1. The zero-order valence-corrected chi connectivity index (χ0v) is 19.7.